The fourth-order valence-electron chi connectivity index (χ4n) is 3.04. The topological polar surface area (TPSA) is 52.3 Å². The van der Waals surface area contributed by atoms with Crippen LogP contribution in [0.25, 0.3) is 0 Å². The molecule has 26 heavy (non-hydrogen) atoms. The molecule has 1 aliphatic heterocycles. The van der Waals surface area contributed by atoms with E-state index in [1.807, 2.05) is 31.2 Å². The van der Waals surface area contributed by atoms with E-state index in [2.05, 4.69) is 19.8 Å². The van der Waals surface area contributed by atoms with Gasteiger partial charge in [0.25, 0.3) is 0 Å². The molecule has 0 radical (unpaired) electrons. The second-order valence-electron chi connectivity index (χ2n) is 6.10. The number of nitrogens with zero attached hydrogens (tertiary/aromatic N) is 4. The molecule has 3 aromatic rings. The number of halogens is 2. The summed E-state index contributed by atoms with van der Waals surface area (Å²) in [4.78, 5) is 8.84. The molecule has 0 saturated heterocycles. The molecule has 132 valence electrons. The van der Waals surface area contributed by atoms with Gasteiger partial charge in [0, 0.05) is 6.42 Å². The van der Waals surface area contributed by atoms with Crippen LogP contribution in [0.4, 0.5) is 14.7 Å². The summed E-state index contributed by atoms with van der Waals surface area (Å²) in [5.74, 6) is 0.663. The normalized spacial score (nSPS) is 16.3. The van der Waals surface area contributed by atoms with Gasteiger partial charge in [-0.3, -0.25) is 0 Å². The van der Waals surface area contributed by atoms with E-state index in [-0.39, 0.29) is 11.8 Å². The second kappa shape index (κ2) is 6.67. The van der Waals surface area contributed by atoms with E-state index in [0.717, 1.165) is 16.8 Å². The number of aromatic nitrogens is 3. The molecule has 2 aromatic carbocycles. The van der Waals surface area contributed by atoms with Gasteiger partial charge in [-0.2, -0.15) is 18.9 Å². The van der Waals surface area contributed by atoms with Crippen LogP contribution >= 0.6 is 0 Å². The predicted molar refractivity (Wildman–Crippen MR) is 93.2 cm³/mol. The molecule has 0 amide bonds. The summed E-state index contributed by atoms with van der Waals surface area (Å²) in [6, 6.07) is 14.7. The van der Waals surface area contributed by atoms with Gasteiger partial charge in [-0.25, -0.2) is 9.67 Å². The zero-order valence-electron chi connectivity index (χ0n) is 14.0. The number of ether oxygens (including phenoxy) is 1. The highest BCUT2D eigenvalue weighted by atomic mass is 19.3. The smallest absolute Gasteiger partial charge is 0.387 e. The Balaban J connectivity index is 1.67. The van der Waals surface area contributed by atoms with Crippen LogP contribution in [0.1, 0.15) is 29.2 Å². The van der Waals surface area contributed by atoms with E-state index in [0.29, 0.717) is 12.4 Å². The van der Waals surface area contributed by atoms with Gasteiger partial charge in [0.15, 0.2) is 0 Å². The van der Waals surface area contributed by atoms with E-state index in [1.54, 1.807) is 16.8 Å². The lowest BCUT2D eigenvalue weighted by Crippen LogP contribution is -2.21. The van der Waals surface area contributed by atoms with Gasteiger partial charge < -0.3 is 4.74 Å². The van der Waals surface area contributed by atoms with Crippen molar-refractivity contribution in [1.82, 2.24) is 14.8 Å². The van der Waals surface area contributed by atoms with Crippen LogP contribution in [-0.2, 0) is 0 Å². The molecule has 1 aliphatic rings. The van der Waals surface area contributed by atoms with Crippen molar-refractivity contribution in [2.45, 2.75) is 26.0 Å². The van der Waals surface area contributed by atoms with Crippen molar-refractivity contribution in [2.24, 2.45) is 4.99 Å². The monoisotopic (exact) mass is 354 g/mol. The van der Waals surface area contributed by atoms with Crippen LogP contribution < -0.4 is 4.74 Å². The number of aryl methyl sites for hydroxylation is 1. The van der Waals surface area contributed by atoms with Crippen molar-refractivity contribution in [3.63, 3.8) is 0 Å². The summed E-state index contributed by atoms with van der Waals surface area (Å²) < 4.78 is 30.8. The summed E-state index contributed by atoms with van der Waals surface area (Å²) in [7, 11) is 0. The molecule has 5 nitrogen and oxygen atoms in total. The third-order valence-corrected chi connectivity index (χ3v) is 4.35. The van der Waals surface area contributed by atoms with E-state index in [1.165, 1.54) is 24.0 Å². The van der Waals surface area contributed by atoms with Crippen LogP contribution in [-0.4, -0.2) is 27.1 Å². The average Bonchev–Trinajstić information content (AvgIpc) is 3.10. The summed E-state index contributed by atoms with van der Waals surface area (Å²) >= 11 is 0. The Morgan fingerprint density at radius 3 is 2.50 bits per heavy atom. The fourth-order valence-corrected chi connectivity index (χ4v) is 3.04. The molecule has 0 aliphatic carbocycles. The van der Waals surface area contributed by atoms with Crippen molar-refractivity contribution in [3.05, 3.63) is 71.5 Å². The maximum Gasteiger partial charge on any atom is 0.387 e. The molecular weight excluding hydrogens is 338 g/mol. The largest absolute Gasteiger partial charge is 0.435 e. The standard InChI is InChI=1S/C19H16F2N4O/c1-12-2-4-13(5-3-12)16-10-17(25-19(24-16)22-11-23-25)14-6-8-15(9-7-14)26-18(20)21/h2-9,11,17-18H,10H2,1H3. The average molecular weight is 354 g/mol. The molecular formula is C19H16F2N4O. The van der Waals surface area contributed by atoms with Crippen LogP contribution in [0.2, 0.25) is 0 Å². The number of hydrogen-bond acceptors (Lipinski definition) is 4. The lowest BCUT2D eigenvalue weighted by atomic mass is 9.95. The number of fused-ring (bicyclic) bond motifs is 1. The second-order valence-corrected chi connectivity index (χ2v) is 6.10. The summed E-state index contributed by atoms with van der Waals surface area (Å²) in [5.41, 5.74) is 4.06. The third kappa shape index (κ3) is 3.20. The van der Waals surface area contributed by atoms with Gasteiger partial charge in [-0.05, 0) is 30.2 Å². The van der Waals surface area contributed by atoms with Gasteiger partial charge >= 0.3 is 6.61 Å². The fraction of sp³-hybridized carbons (Fsp3) is 0.211. The highest BCUT2D eigenvalue weighted by Gasteiger charge is 2.26. The lowest BCUT2D eigenvalue weighted by molar-refractivity contribution is -0.0498. The zero-order valence-corrected chi connectivity index (χ0v) is 14.0. The van der Waals surface area contributed by atoms with Gasteiger partial charge in [-0.15, -0.1) is 0 Å². The highest BCUT2D eigenvalue weighted by molar-refractivity contribution is 6.02. The quantitative estimate of drug-likeness (QED) is 0.702. The van der Waals surface area contributed by atoms with Crippen LogP contribution in [0.15, 0.2) is 59.9 Å². The number of hydrogen-bond donors (Lipinski definition) is 0. The predicted octanol–water partition coefficient (Wildman–Crippen LogP) is 4.30. The van der Waals surface area contributed by atoms with E-state index in [9.17, 15) is 8.78 Å². The SMILES string of the molecule is Cc1ccc(C2=Nc3ncnn3C(c3ccc(OC(F)F)cc3)C2)cc1. The van der Waals surface area contributed by atoms with Gasteiger partial charge in [-0.1, -0.05) is 42.0 Å². The Morgan fingerprint density at radius 2 is 1.81 bits per heavy atom. The van der Waals surface area contributed by atoms with Gasteiger partial charge in [0.2, 0.25) is 5.95 Å². The Kier molecular flexibility index (Phi) is 4.20. The van der Waals surface area contributed by atoms with Gasteiger partial charge in [0.1, 0.15) is 12.1 Å². The molecule has 0 fully saturated rings. The van der Waals surface area contributed by atoms with Crippen molar-refractivity contribution >= 4 is 11.7 Å². The molecule has 0 bridgehead atoms. The number of benzene rings is 2. The lowest BCUT2D eigenvalue weighted by Gasteiger charge is -2.24. The third-order valence-electron chi connectivity index (χ3n) is 4.35. The number of alkyl halides is 2. The van der Waals surface area contributed by atoms with Crippen molar-refractivity contribution in [2.75, 3.05) is 0 Å². The van der Waals surface area contributed by atoms with Crippen molar-refractivity contribution < 1.29 is 13.5 Å². The minimum atomic E-state index is -2.84. The molecule has 0 N–H and O–H groups in total. The minimum Gasteiger partial charge on any atom is -0.435 e. The first kappa shape index (κ1) is 16.4. The molecule has 1 unspecified atom stereocenters. The molecule has 0 spiro atoms. The molecule has 7 heteroatoms. The Bertz CT molecular complexity index is 933. The van der Waals surface area contributed by atoms with E-state index >= 15 is 0 Å². The number of aliphatic imine (C=N–C) groups is 1. The van der Waals surface area contributed by atoms with Gasteiger partial charge in [0.05, 0.1) is 11.8 Å². The van der Waals surface area contributed by atoms with Crippen LogP contribution in [0.5, 0.6) is 5.75 Å². The van der Waals surface area contributed by atoms with Crippen LogP contribution in [0.3, 0.4) is 0 Å². The molecule has 0 saturated carbocycles. The molecule has 1 atom stereocenters. The van der Waals surface area contributed by atoms with Crippen molar-refractivity contribution in [3.8, 4) is 5.75 Å². The Morgan fingerprint density at radius 1 is 1.08 bits per heavy atom. The molecule has 4 rings (SSSR count). The maximum atomic E-state index is 12.3. The summed E-state index contributed by atoms with van der Waals surface area (Å²) in [6.45, 7) is -0.799. The minimum absolute atomic E-state index is 0.109. The van der Waals surface area contributed by atoms with E-state index in [4.69, 9.17) is 0 Å². The maximum absolute atomic E-state index is 12.3. The first-order valence-electron chi connectivity index (χ1n) is 8.19. The Hall–Kier alpha value is -3.09. The first-order chi connectivity index (χ1) is 12.6. The van der Waals surface area contributed by atoms with E-state index < -0.39 is 6.61 Å². The number of rotatable bonds is 4. The summed E-state index contributed by atoms with van der Waals surface area (Å²) in [5, 5.41) is 4.27. The molecule has 1 aromatic heterocycles. The first-order valence-corrected chi connectivity index (χ1v) is 8.19. The van der Waals surface area contributed by atoms with Crippen LogP contribution in [0, 0.1) is 6.92 Å². The molecule has 2 heterocycles. The zero-order chi connectivity index (χ0) is 18.1. The summed E-state index contributed by atoms with van der Waals surface area (Å²) in [6.07, 6.45) is 2.10. The van der Waals surface area contributed by atoms with Crippen molar-refractivity contribution in [1.29, 1.82) is 0 Å². The Labute approximate surface area is 149 Å². The highest BCUT2D eigenvalue weighted by Crippen LogP contribution is 2.33.